The maximum Gasteiger partial charge on any atom is 0.267 e. The molecular formula is C16H22N2O4S. The van der Waals surface area contributed by atoms with E-state index in [1.165, 1.54) is 6.08 Å². The lowest BCUT2D eigenvalue weighted by Crippen LogP contribution is -2.37. The Hall–Kier alpha value is -1.70. The molecule has 0 radical (unpaired) electrons. The van der Waals surface area contributed by atoms with Gasteiger partial charge in [-0.2, -0.15) is 0 Å². The highest BCUT2D eigenvalue weighted by Gasteiger charge is 2.24. The number of rotatable bonds is 5. The number of carbonyl (C=O) groups is 1. The van der Waals surface area contributed by atoms with Gasteiger partial charge in [0.15, 0.2) is 0 Å². The molecule has 0 aliphatic heterocycles. The van der Waals surface area contributed by atoms with Crippen molar-refractivity contribution in [1.29, 1.82) is 0 Å². The van der Waals surface area contributed by atoms with Crippen molar-refractivity contribution in [2.24, 2.45) is 5.92 Å². The molecule has 0 unspecified atom stereocenters. The van der Waals surface area contributed by atoms with Crippen LogP contribution in [0.15, 0.2) is 41.3 Å². The number of hydrogen-bond donors (Lipinski definition) is 3. The van der Waals surface area contributed by atoms with Crippen molar-refractivity contribution in [2.75, 3.05) is 0 Å². The first-order valence-electron chi connectivity index (χ1n) is 7.62. The van der Waals surface area contributed by atoms with E-state index in [2.05, 4.69) is 4.72 Å². The number of benzene rings is 1. The van der Waals surface area contributed by atoms with Crippen molar-refractivity contribution in [3.8, 4) is 0 Å². The third-order valence-electron chi connectivity index (χ3n) is 4.05. The Morgan fingerprint density at radius 2 is 1.78 bits per heavy atom. The number of hydroxylamine groups is 1. The van der Waals surface area contributed by atoms with Gasteiger partial charge in [-0.15, -0.1) is 0 Å². The van der Waals surface area contributed by atoms with Gasteiger partial charge in [-0.3, -0.25) is 10.0 Å². The van der Waals surface area contributed by atoms with Crippen LogP contribution in [0.5, 0.6) is 0 Å². The predicted octanol–water partition coefficient (Wildman–Crippen LogP) is 1.89. The summed E-state index contributed by atoms with van der Waals surface area (Å²) in [6.45, 7) is 1.91. The Bertz CT molecular complexity index is 660. The smallest absolute Gasteiger partial charge is 0.267 e. The van der Waals surface area contributed by atoms with Crippen LogP contribution in [0.4, 0.5) is 0 Å². The van der Waals surface area contributed by atoms with Gasteiger partial charge in [-0.05, 0) is 50.7 Å². The maximum atomic E-state index is 12.3. The maximum absolute atomic E-state index is 12.3. The van der Waals surface area contributed by atoms with Gasteiger partial charge in [0.1, 0.15) is 0 Å². The first-order valence-corrected chi connectivity index (χ1v) is 9.10. The molecule has 0 saturated heterocycles. The van der Waals surface area contributed by atoms with Crippen LogP contribution < -0.4 is 10.2 Å². The average molecular weight is 338 g/mol. The monoisotopic (exact) mass is 338 g/mol. The number of hydrogen-bond acceptors (Lipinski definition) is 4. The second kappa shape index (κ2) is 7.72. The van der Waals surface area contributed by atoms with E-state index in [1.54, 1.807) is 35.8 Å². The van der Waals surface area contributed by atoms with Crippen LogP contribution in [0.25, 0.3) is 0 Å². The third kappa shape index (κ3) is 5.16. The summed E-state index contributed by atoms with van der Waals surface area (Å²) >= 11 is 0. The van der Waals surface area contributed by atoms with E-state index < -0.39 is 15.9 Å². The molecule has 2 rings (SSSR count). The van der Waals surface area contributed by atoms with Crippen molar-refractivity contribution >= 4 is 15.9 Å². The fourth-order valence-corrected chi connectivity index (χ4v) is 4.00. The summed E-state index contributed by atoms with van der Waals surface area (Å²) in [7, 11) is -3.49. The zero-order chi connectivity index (χ0) is 16.9. The Kier molecular flexibility index (Phi) is 5.92. The summed E-state index contributed by atoms with van der Waals surface area (Å²) in [5.41, 5.74) is 2.57. The summed E-state index contributed by atoms with van der Waals surface area (Å²) in [6.07, 6.45) is 6.12. The highest BCUT2D eigenvalue weighted by molar-refractivity contribution is 7.89. The SMILES string of the molecule is Cc1ccc(S(=O)(=O)NC2CCC(/C=C/C(=O)NO)CC2)cc1. The molecule has 1 aliphatic rings. The second-order valence-electron chi connectivity index (χ2n) is 5.88. The van der Waals surface area contributed by atoms with E-state index in [1.807, 2.05) is 6.92 Å². The van der Waals surface area contributed by atoms with E-state index in [0.29, 0.717) is 0 Å². The average Bonchev–Trinajstić information content (AvgIpc) is 2.54. The lowest BCUT2D eigenvalue weighted by molar-refractivity contribution is -0.124. The van der Waals surface area contributed by atoms with Crippen molar-refractivity contribution < 1.29 is 18.4 Å². The number of allylic oxidation sites excluding steroid dienone is 1. The highest BCUT2D eigenvalue weighted by atomic mass is 32.2. The summed E-state index contributed by atoms with van der Waals surface area (Å²) in [4.78, 5) is 11.2. The van der Waals surface area contributed by atoms with Crippen molar-refractivity contribution in [3.05, 3.63) is 42.0 Å². The quantitative estimate of drug-likeness (QED) is 0.434. The Balaban J connectivity index is 1.89. The molecule has 1 aliphatic carbocycles. The second-order valence-corrected chi connectivity index (χ2v) is 7.60. The van der Waals surface area contributed by atoms with Crippen molar-refractivity contribution in [3.63, 3.8) is 0 Å². The molecule has 0 spiro atoms. The standard InChI is InChI=1S/C16H22N2O4S/c1-12-2-9-15(10-3-12)23(21,22)18-14-7-4-13(5-8-14)6-11-16(19)17-20/h2-3,6,9-11,13-14,18,20H,4-5,7-8H2,1H3,(H,17,19)/b11-6+. The normalized spacial score (nSPS) is 22.2. The van der Waals surface area contributed by atoms with Crippen LogP contribution in [0.3, 0.4) is 0 Å². The number of aryl methyl sites for hydroxylation is 1. The number of nitrogens with one attached hydrogen (secondary N) is 2. The number of sulfonamides is 1. The fraction of sp³-hybridized carbons (Fsp3) is 0.438. The van der Waals surface area contributed by atoms with Gasteiger partial charge in [0.25, 0.3) is 5.91 Å². The zero-order valence-corrected chi connectivity index (χ0v) is 13.8. The molecule has 23 heavy (non-hydrogen) atoms. The van der Waals surface area contributed by atoms with Crippen LogP contribution in [0, 0.1) is 12.8 Å². The molecule has 0 aromatic heterocycles. The Labute approximate surface area is 136 Å². The molecule has 0 atom stereocenters. The predicted molar refractivity (Wildman–Crippen MR) is 86.3 cm³/mol. The highest BCUT2D eigenvalue weighted by Crippen LogP contribution is 2.26. The summed E-state index contributed by atoms with van der Waals surface area (Å²) < 4.78 is 27.4. The topological polar surface area (TPSA) is 95.5 Å². The summed E-state index contributed by atoms with van der Waals surface area (Å²) in [5.74, 6) is -0.320. The summed E-state index contributed by atoms with van der Waals surface area (Å²) in [6, 6.07) is 6.70. The molecule has 1 aromatic rings. The molecule has 1 fully saturated rings. The van der Waals surface area contributed by atoms with E-state index in [9.17, 15) is 13.2 Å². The van der Waals surface area contributed by atoms with Crippen molar-refractivity contribution in [2.45, 2.75) is 43.5 Å². The molecule has 0 heterocycles. The van der Waals surface area contributed by atoms with E-state index >= 15 is 0 Å². The van der Waals surface area contributed by atoms with Gasteiger partial charge in [-0.25, -0.2) is 18.6 Å². The molecular weight excluding hydrogens is 316 g/mol. The minimum atomic E-state index is -3.49. The Morgan fingerprint density at radius 3 is 2.35 bits per heavy atom. The lowest BCUT2D eigenvalue weighted by Gasteiger charge is -2.27. The largest absolute Gasteiger partial charge is 0.288 e. The van der Waals surface area contributed by atoms with Crippen LogP contribution in [0.2, 0.25) is 0 Å². The first kappa shape index (κ1) is 17.7. The molecule has 126 valence electrons. The first-order chi connectivity index (χ1) is 10.9. The van der Waals surface area contributed by atoms with Crippen molar-refractivity contribution in [1.82, 2.24) is 10.2 Å². The van der Waals surface area contributed by atoms with E-state index in [4.69, 9.17) is 5.21 Å². The molecule has 1 saturated carbocycles. The minimum Gasteiger partial charge on any atom is -0.288 e. The molecule has 1 aromatic carbocycles. The van der Waals surface area contributed by atoms with Gasteiger partial charge in [0, 0.05) is 12.1 Å². The lowest BCUT2D eigenvalue weighted by atomic mass is 9.86. The molecule has 3 N–H and O–H groups in total. The van der Waals surface area contributed by atoms with Gasteiger partial charge in [0.2, 0.25) is 10.0 Å². The van der Waals surface area contributed by atoms with Gasteiger partial charge < -0.3 is 0 Å². The van der Waals surface area contributed by atoms with E-state index in [0.717, 1.165) is 31.2 Å². The third-order valence-corrected chi connectivity index (χ3v) is 5.59. The summed E-state index contributed by atoms with van der Waals surface area (Å²) in [5, 5.41) is 8.43. The van der Waals surface area contributed by atoms with Crippen LogP contribution in [-0.4, -0.2) is 25.6 Å². The van der Waals surface area contributed by atoms with Crippen LogP contribution in [-0.2, 0) is 14.8 Å². The molecule has 6 nitrogen and oxygen atoms in total. The molecule has 0 bridgehead atoms. The van der Waals surface area contributed by atoms with Crippen LogP contribution in [0.1, 0.15) is 31.2 Å². The zero-order valence-electron chi connectivity index (χ0n) is 13.0. The van der Waals surface area contributed by atoms with E-state index in [-0.39, 0.29) is 16.9 Å². The van der Waals surface area contributed by atoms with Crippen LogP contribution >= 0.6 is 0 Å². The fourth-order valence-electron chi connectivity index (χ4n) is 2.70. The van der Waals surface area contributed by atoms with Gasteiger partial charge >= 0.3 is 0 Å². The molecule has 1 amide bonds. The van der Waals surface area contributed by atoms with Gasteiger partial charge in [0.05, 0.1) is 4.90 Å². The number of carbonyl (C=O) groups excluding carboxylic acids is 1. The molecule has 7 heteroatoms. The minimum absolute atomic E-state index is 0.0855. The van der Waals surface area contributed by atoms with Gasteiger partial charge in [-0.1, -0.05) is 23.8 Å². The number of amides is 1. The Morgan fingerprint density at radius 1 is 1.17 bits per heavy atom.